The standard InChI is InChI=1S/C8H17IN/c1-7-8(9)5-4-6-10(7,2)3/h7-8H,4-6H2,1-3H3/q+1. The van der Waals surface area contributed by atoms with Crippen LogP contribution in [0.25, 0.3) is 0 Å². The molecule has 2 atom stereocenters. The van der Waals surface area contributed by atoms with Crippen LogP contribution in [-0.4, -0.2) is 35.1 Å². The van der Waals surface area contributed by atoms with Crippen molar-refractivity contribution < 1.29 is 4.48 Å². The summed E-state index contributed by atoms with van der Waals surface area (Å²) in [5.41, 5.74) is 0. The highest BCUT2D eigenvalue weighted by Gasteiger charge is 2.33. The predicted molar refractivity (Wildman–Crippen MR) is 53.5 cm³/mol. The molecule has 2 unspecified atom stereocenters. The Morgan fingerprint density at radius 2 is 2.00 bits per heavy atom. The first kappa shape index (κ1) is 8.78. The third kappa shape index (κ3) is 1.64. The van der Waals surface area contributed by atoms with Crippen LogP contribution in [-0.2, 0) is 0 Å². The van der Waals surface area contributed by atoms with E-state index in [1.165, 1.54) is 23.9 Å². The van der Waals surface area contributed by atoms with E-state index in [4.69, 9.17) is 0 Å². The molecule has 0 aromatic rings. The fraction of sp³-hybridized carbons (Fsp3) is 1.00. The second-order valence-corrected chi connectivity index (χ2v) is 5.50. The molecule has 1 rings (SSSR count). The summed E-state index contributed by atoms with van der Waals surface area (Å²) in [7, 11) is 4.69. The van der Waals surface area contributed by atoms with E-state index in [0.717, 1.165) is 9.97 Å². The van der Waals surface area contributed by atoms with Crippen molar-refractivity contribution in [1.29, 1.82) is 0 Å². The number of quaternary nitrogens is 1. The number of hydrogen-bond acceptors (Lipinski definition) is 0. The van der Waals surface area contributed by atoms with E-state index in [-0.39, 0.29) is 0 Å². The van der Waals surface area contributed by atoms with Gasteiger partial charge in [0.15, 0.2) is 0 Å². The fourth-order valence-corrected chi connectivity index (χ4v) is 2.89. The SMILES string of the molecule is CC1C(I)CCC[N+]1(C)C. The van der Waals surface area contributed by atoms with Gasteiger partial charge in [-0.05, 0) is 19.8 Å². The molecule has 1 heterocycles. The third-order valence-corrected chi connectivity index (χ3v) is 4.50. The Hall–Kier alpha value is 0.690. The summed E-state index contributed by atoms with van der Waals surface area (Å²) in [5, 5.41) is 0. The lowest BCUT2D eigenvalue weighted by molar-refractivity contribution is -0.916. The smallest absolute Gasteiger partial charge is 0.0976 e. The molecule has 60 valence electrons. The van der Waals surface area contributed by atoms with E-state index in [0.29, 0.717) is 0 Å². The molecule has 1 fully saturated rings. The summed E-state index contributed by atoms with van der Waals surface area (Å²) in [6.07, 6.45) is 2.83. The molecule has 0 aromatic carbocycles. The molecule has 0 aliphatic carbocycles. The zero-order valence-electron chi connectivity index (χ0n) is 7.10. The van der Waals surface area contributed by atoms with E-state index in [1.807, 2.05) is 0 Å². The van der Waals surface area contributed by atoms with Gasteiger partial charge in [0.05, 0.1) is 30.6 Å². The minimum atomic E-state index is 0.842. The largest absolute Gasteiger partial charge is 0.325 e. The topological polar surface area (TPSA) is 0 Å². The second-order valence-electron chi connectivity index (χ2n) is 3.90. The summed E-state index contributed by atoms with van der Waals surface area (Å²) in [6.45, 7) is 3.73. The fourth-order valence-electron chi connectivity index (χ4n) is 1.58. The van der Waals surface area contributed by atoms with E-state index in [2.05, 4.69) is 43.6 Å². The van der Waals surface area contributed by atoms with Crippen LogP contribution in [0.3, 0.4) is 0 Å². The number of likely N-dealkylation sites (tertiary alicyclic amines) is 1. The average Bonchev–Trinajstić information content (AvgIpc) is 1.83. The summed E-state index contributed by atoms with van der Waals surface area (Å²) in [5.74, 6) is 0. The summed E-state index contributed by atoms with van der Waals surface area (Å²) in [6, 6.07) is 0.842. The monoisotopic (exact) mass is 254 g/mol. The first-order chi connectivity index (χ1) is 4.54. The molecular formula is C8H17IN+. The highest BCUT2D eigenvalue weighted by Crippen LogP contribution is 2.26. The number of nitrogens with zero attached hydrogens (tertiary/aromatic N) is 1. The van der Waals surface area contributed by atoms with Gasteiger partial charge in [-0.3, -0.25) is 0 Å². The Morgan fingerprint density at radius 3 is 2.40 bits per heavy atom. The molecule has 0 amide bonds. The zero-order valence-corrected chi connectivity index (χ0v) is 9.26. The minimum Gasteiger partial charge on any atom is -0.325 e. The van der Waals surface area contributed by atoms with Crippen LogP contribution in [0.4, 0.5) is 0 Å². The van der Waals surface area contributed by atoms with Gasteiger partial charge in [-0.2, -0.15) is 0 Å². The van der Waals surface area contributed by atoms with Crippen molar-refractivity contribution in [3.8, 4) is 0 Å². The molecule has 1 aliphatic heterocycles. The molecule has 1 saturated heterocycles. The van der Waals surface area contributed by atoms with E-state index < -0.39 is 0 Å². The van der Waals surface area contributed by atoms with Gasteiger partial charge in [-0.15, -0.1) is 0 Å². The van der Waals surface area contributed by atoms with Gasteiger partial charge in [-0.1, -0.05) is 22.6 Å². The quantitative estimate of drug-likeness (QED) is 0.352. The highest BCUT2D eigenvalue weighted by molar-refractivity contribution is 14.1. The van der Waals surface area contributed by atoms with Crippen molar-refractivity contribution in [1.82, 2.24) is 0 Å². The molecular weight excluding hydrogens is 237 g/mol. The first-order valence-corrected chi connectivity index (χ1v) is 5.25. The molecule has 0 spiro atoms. The van der Waals surface area contributed by atoms with Crippen molar-refractivity contribution in [3.05, 3.63) is 0 Å². The van der Waals surface area contributed by atoms with Crippen LogP contribution >= 0.6 is 22.6 Å². The lowest BCUT2D eigenvalue weighted by Gasteiger charge is -2.42. The lowest BCUT2D eigenvalue weighted by Crippen LogP contribution is -2.54. The third-order valence-electron chi connectivity index (χ3n) is 2.84. The summed E-state index contributed by atoms with van der Waals surface area (Å²) < 4.78 is 2.11. The van der Waals surface area contributed by atoms with E-state index in [9.17, 15) is 0 Å². The van der Waals surface area contributed by atoms with Gasteiger partial charge in [-0.25, -0.2) is 0 Å². The van der Waals surface area contributed by atoms with Gasteiger partial charge in [0.2, 0.25) is 0 Å². The maximum atomic E-state index is 2.59. The van der Waals surface area contributed by atoms with Gasteiger partial charge in [0, 0.05) is 0 Å². The lowest BCUT2D eigenvalue weighted by atomic mass is 10.0. The van der Waals surface area contributed by atoms with Crippen LogP contribution in [0.2, 0.25) is 0 Å². The van der Waals surface area contributed by atoms with E-state index in [1.54, 1.807) is 0 Å². The molecule has 0 aromatic heterocycles. The maximum Gasteiger partial charge on any atom is 0.0976 e. The molecule has 1 aliphatic rings. The van der Waals surface area contributed by atoms with Crippen LogP contribution in [0.1, 0.15) is 19.8 Å². The molecule has 0 bridgehead atoms. The highest BCUT2D eigenvalue weighted by atomic mass is 127. The Bertz CT molecular complexity index is 122. The van der Waals surface area contributed by atoms with E-state index >= 15 is 0 Å². The summed E-state index contributed by atoms with van der Waals surface area (Å²) >= 11 is 2.59. The number of hydrogen-bond donors (Lipinski definition) is 0. The Kier molecular flexibility index (Phi) is 2.61. The van der Waals surface area contributed by atoms with Crippen molar-refractivity contribution >= 4 is 22.6 Å². The van der Waals surface area contributed by atoms with Gasteiger partial charge < -0.3 is 4.48 Å². The van der Waals surface area contributed by atoms with Crippen LogP contribution in [0.15, 0.2) is 0 Å². The number of halogens is 1. The Morgan fingerprint density at radius 1 is 1.40 bits per heavy atom. The van der Waals surface area contributed by atoms with Crippen molar-refractivity contribution in [2.75, 3.05) is 20.6 Å². The van der Waals surface area contributed by atoms with Crippen molar-refractivity contribution in [3.63, 3.8) is 0 Å². The van der Waals surface area contributed by atoms with Crippen LogP contribution in [0, 0.1) is 0 Å². The van der Waals surface area contributed by atoms with Crippen molar-refractivity contribution in [2.45, 2.75) is 29.7 Å². The maximum absolute atomic E-state index is 2.59. The van der Waals surface area contributed by atoms with Gasteiger partial charge in [0.25, 0.3) is 0 Å². The summed E-state index contributed by atoms with van der Waals surface area (Å²) in [4.78, 5) is 0. The van der Waals surface area contributed by atoms with Crippen LogP contribution in [0.5, 0.6) is 0 Å². The minimum absolute atomic E-state index is 0.842. The predicted octanol–water partition coefficient (Wildman–Crippen LogP) is 2.05. The Balaban J connectivity index is 2.60. The van der Waals surface area contributed by atoms with Gasteiger partial charge in [0.1, 0.15) is 0 Å². The number of piperidine rings is 1. The molecule has 2 heteroatoms. The molecule has 10 heavy (non-hydrogen) atoms. The normalized spacial score (nSPS) is 39.6. The zero-order chi connectivity index (χ0) is 7.78. The molecule has 1 nitrogen and oxygen atoms in total. The Labute approximate surface area is 77.5 Å². The number of alkyl halides is 1. The van der Waals surface area contributed by atoms with Gasteiger partial charge >= 0.3 is 0 Å². The average molecular weight is 254 g/mol. The van der Waals surface area contributed by atoms with Crippen molar-refractivity contribution in [2.24, 2.45) is 0 Å². The molecule has 0 N–H and O–H groups in total. The number of rotatable bonds is 0. The second kappa shape index (κ2) is 2.97. The molecule has 0 radical (unpaired) electrons. The van der Waals surface area contributed by atoms with Crippen LogP contribution < -0.4 is 0 Å². The first-order valence-electron chi connectivity index (χ1n) is 4.01. The molecule has 0 saturated carbocycles.